The van der Waals surface area contributed by atoms with E-state index in [2.05, 4.69) is 12.2 Å². The minimum absolute atomic E-state index is 0.0722. The number of nitrogens with one attached hydrogen (secondary N) is 1. The number of rotatable bonds is 7. The zero-order chi connectivity index (χ0) is 11.9. The van der Waals surface area contributed by atoms with Crippen LogP contribution in [0.5, 0.6) is 0 Å². The summed E-state index contributed by atoms with van der Waals surface area (Å²) in [4.78, 5) is 11.9. The lowest BCUT2D eigenvalue weighted by Gasteiger charge is -2.22. The molecule has 0 aromatic heterocycles. The van der Waals surface area contributed by atoms with E-state index in [4.69, 9.17) is 5.73 Å². The number of carbonyl (C=O) groups excluding carboxylic acids is 1. The van der Waals surface area contributed by atoms with Crippen LogP contribution in [0.15, 0.2) is 0 Å². The second-order valence-electron chi connectivity index (χ2n) is 5.23. The number of unbranched alkanes of at least 4 members (excludes halogenated alkanes) is 3. The van der Waals surface area contributed by atoms with E-state index in [1.165, 1.54) is 25.7 Å². The highest BCUT2D eigenvalue weighted by Gasteiger charge is 2.35. The molecule has 0 spiro atoms. The molecule has 1 aliphatic carbocycles. The molecule has 0 saturated heterocycles. The maximum absolute atomic E-state index is 11.9. The summed E-state index contributed by atoms with van der Waals surface area (Å²) in [7, 11) is 0. The fourth-order valence-corrected chi connectivity index (χ4v) is 2.42. The molecule has 1 aliphatic rings. The van der Waals surface area contributed by atoms with Crippen LogP contribution in [-0.2, 0) is 4.79 Å². The molecule has 1 amide bonds. The van der Waals surface area contributed by atoms with Gasteiger partial charge < -0.3 is 11.1 Å². The smallest absolute Gasteiger partial charge is 0.225 e. The number of nitrogens with two attached hydrogens (primary N) is 1. The molecular formula is C13H26N2O. The molecule has 3 N–H and O–H groups in total. The Balaban J connectivity index is 2.06. The third kappa shape index (κ3) is 4.12. The molecule has 1 rings (SSSR count). The van der Waals surface area contributed by atoms with Gasteiger partial charge in [0.1, 0.15) is 0 Å². The average Bonchev–Trinajstić information content (AvgIpc) is 2.71. The van der Waals surface area contributed by atoms with Crippen LogP contribution in [0, 0.1) is 5.41 Å². The van der Waals surface area contributed by atoms with E-state index >= 15 is 0 Å². The summed E-state index contributed by atoms with van der Waals surface area (Å²) in [5.41, 5.74) is 5.35. The number of amides is 1. The van der Waals surface area contributed by atoms with Crippen LogP contribution in [0.25, 0.3) is 0 Å². The Morgan fingerprint density at radius 1 is 1.19 bits per heavy atom. The molecule has 0 radical (unpaired) electrons. The molecule has 0 unspecified atom stereocenters. The maximum atomic E-state index is 11.9. The van der Waals surface area contributed by atoms with Crippen molar-refractivity contribution in [2.24, 2.45) is 11.1 Å². The van der Waals surface area contributed by atoms with E-state index in [0.717, 1.165) is 38.8 Å². The normalized spacial score (nSPS) is 18.6. The Labute approximate surface area is 99.2 Å². The molecular weight excluding hydrogens is 200 g/mol. The first-order valence-electron chi connectivity index (χ1n) is 6.67. The van der Waals surface area contributed by atoms with Gasteiger partial charge in [0.2, 0.25) is 5.91 Å². The minimum Gasteiger partial charge on any atom is -0.356 e. The number of hydrogen-bond acceptors (Lipinski definition) is 2. The van der Waals surface area contributed by atoms with Crippen molar-refractivity contribution in [2.45, 2.75) is 58.3 Å². The molecule has 94 valence electrons. The van der Waals surface area contributed by atoms with Crippen LogP contribution in [-0.4, -0.2) is 19.0 Å². The lowest BCUT2D eigenvalue weighted by Crippen LogP contribution is -2.37. The van der Waals surface area contributed by atoms with Crippen molar-refractivity contribution in [1.82, 2.24) is 5.32 Å². The lowest BCUT2D eigenvalue weighted by atomic mass is 9.88. The van der Waals surface area contributed by atoms with Crippen molar-refractivity contribution in [3.63, 3.8) is 0 Å². The van der Waals surface area contributed by atoms with Gasteiger partial charge in [0.25, 0.3) is 0 Å². The summed E-state index contributed by atoms with van der Waals surface area (Å²) < 4.78 is 0. The van der Waals surface area contributed by atoms with Gasteiger partial charge in [0.15, 0.2) is 0 Å². The number of hydrogen-bond donors (Lipinski definition) is 2. The van der Waals surface area contributed by atoms with Crippen molar-refractivity contribution >= 4 is 5.91 Å². The number of carbonyl (C=O) groups is 1. The van der Waals surface area contributed by atoms with Gasteiger partial charge in [-0.2, -0.15) is 0 Å². The van der Waals surface area contributed by atoms with Crippen molar-refractivity contribution in [3.05, 3.63) is 0 Å². The molecule has 0 aromatic rings. The summed E-state index contributed by atoms with van der Waals surface area (Å²) >= 11 is 0. The van der Waals surface area contributed by atoms with Crippen molar-refractivity contribution in [3.8, 4) is 0 Å². The lowest BCUT2D eigenvalue weighted by molar-refractivity contribution is -0.129. The van der Waals surface area contributed by atoms with E-state index in [9.17, 15) is 4.79 Å². The third-order valence-corrected chi connectivity index (χ3v) is 3.67. The molecule has 3 nitrogen and oxygen atoms in total. The van der Waals surface area contributed by atoms with Gasteiger partial charge in [0.05, 0.1) is 0 Å². The van der Waals surface area contributed by atoms with E-state index < -0.39 is 0 Å². The van der Waals surface area contributed by atoms with Crippen molar-refractivity contribution in [1.29, 1.82) is 0 Å². The molecule has 1 fully saturated rings. The zero-order valence-electron chi connectivity index (χ0n) is 10.6. The second-order valence-corrected chi connectivity index (χ2v) is 5.23. The van der Waals surface area contributed by atoms with Gasteiger partial charge in [-0.3, -0.25) is 4.79 Å². The highest BCUT2D eigenvalue weighted by atomic mass is 16.2. The van der Waals surface area contributed by atoms with Gasteiger partial charge in [-0.25, -0.2) is 0 Å². The first-order chi connectivity index (χ1) is 7.69. The Morgan fingerprint density at radius 3 is 2.44 bits per heavy atom. The van der Waals surface area contributed by atoms with Crippen molar-refractivity contribution < 1.29 is 4.79 Å². The summed E-state index contributed by atoms with van der Waals surface area (Å²) in [5, 5.41) is 3.07. The van der Waals surface area contributed by atoms with Crippen molar-refractivity contribution in [2.75, 3.05) is 13.1 Å². The minimum atomic E-state index is -0.0722. The maximum Gasteiger partial charge on any atom is 0.225 e. The van der Waals surface area contributed by atoms with E-state index in [1.807, 2.05) is 0 Å². The fraction of sp³-hybridized carbons (Fsp3) is 0.923. The average molecular weight is 226 g/mol. The van der Waals surface area contributed by atoms with Crippen LogP contribution in [0.2, 0.25) is 0 Å². The highest BCUT2D eigenvalue weighted by molar-refractivity contribution is 5.82. The predicted octanol–water partition coefficient (Wildman–Crippen LogP) is 2.20. The first kappa shape index (κ1) is 13.5. The van der Waals surface area contributed by atoms with Gasteiger partial charge in [-0.15, -0.1) is 0 Å². The molecule has 3 heteroatoms. The summed E-state index contributed by atoms with van der Waals surface area (Å²) in [6, 6.07) is 0. The van der Waals surface area contributed by atoms with Crippen LogP contribution >= 0.6 is 0 Å². The molecule has 0 atom stereocenters. The van der Waals surface area contributed by atoms with Crippen LogP contribution in [0.1, 0.15) is 58.3 Å². The summed E-state index contributed by atoms with van der Waals surface area (Å²) in [6.45, 7) is 3.72. The van der Waals surface area contributed by atoms with E-state index in [-0.39, 0.29) is 11.3 Å². The fourth-order valence-electron chi connectivity index (χ4n) is 2.42. The molecule has 0 heterocycles. The SMILES string of the molecule is CC1(C(=O)NCCCCCCN)CCCC1. The summed E-state index contributed by atoms with van der Waals surface area (Å²) in [6.07, 6.45) is 9.09. The molecule has 0 aliphatic heterocycles. The van der Waals surface area contributed by atoms with Crippen LogP contribution < -0.4 is 11.1 Å². The van der Waals surface area contributed by atoms with Crippen LogP contribution in [0.3, 0.4) is 0 Å². The Kier molecular flexibility index (Phi) is 5.81. The predicted molar refractivity (Wildman–Crippen MR) is 67.1 cm³/mol. The molecule has 16 heavy (non-hydrogen) atoms. The monoisotopic (exact) mass is 226 g/mol. The van der Waals surface area contributed by atoms with Gasteiger partial charge >= 0.3 is 0 Å². The molecule has 0 bridgehead atoms. The Hall–Kier alpha value is -0.570. The Bertz CT molecular complexity index is 210. The standard InChI is InChI=1S/C13H26N2O/c1-13(8-4-5-9-13)12(16)15-11-7-3-2-6-10-14/h2-11,14H2,1H3,(H,15,16). The van der Waals surface area contributed by atoms with Gasteiger partial charge in [-0.1, -0.05) is 32.6 Å². The third-order valence-electron chi connectivity index (χ3n) is 3.67. The second kappa shape index (κ2) is 6.89. The van der Waals surface area contributed by atoms with E-state index in [1.54, 1.807) is 0 Å². The largest absolute Gasteiger partial charge is 0.356 e. The molecule has 0 aromatic carbocycles. The zero-order valence-corrected chi connectivity index (χ0v) is 10.6. The summed E-state index contributed by atoms with van der Waals surface area (Å²) in [5.74, 6) is 0.267. The Morgan fingerprint density at radius 2 is 1.81 bits per heavy atom. The van der Waals surface area contributed by atoms with Gasteiger partial charge in [0, 0.05) is 12.0 Å². The first-order valence-corrected chi connectivity index (χ1v) is 6.67. The topological polar surface area (TPSA) is 55.1 Å². The van der Waals surface area contributed by atoms with Gasteiger partial charge in [-0.05, 0) is 32.2 Å². The molecule has 1 saturated carbocycles. The quantitative estimate of drug-likeness (QED) is 0.654. The van der Waals surface area contributed by atoms with E-state index in [0.29, 0.717) is 0 Å². The highest BCUT2D eigenvalue weighted by Crippen LogP contribution is 2.37. The van der Waals surface area contributed by atoms with Crippen LogP contribution in [0.4, 0.5) is 0 Å².